The summed E-state index contributed by atoms with van der Waals surface area (Å²) in [6, 6.07) is 78.8. The van der Waals surface area contributed by atoms with Gasteiger partial charge >= 0.3 is 0 Å². The first-order chi connectivity index (χ1) is 29.3. The van der Waals surface area contributed by atoms with Crippen LogP contribution in [0, 0.1) is 0 Å². The Morgan fingerprint density at radius 3 is 1.78 bits per heavy atom. The molecule has 3 heteroatoms. The van der Waals surface area contributed by atoms with Crippen LogP contribution in [0.25, 0.3) is 93.2 Å². The van der Waals surface area contributed by atoms with Crippen LogP contribution in [0.2, 0.25) is 0 Å². The van der Waals surface area contributed by atoms with E-state index >= 15 is 0 Å². The molecule has 0 saturated heterocycles. The van der Waals surface area contributed by atoms with Crippen molar-refractivity contribution >= 4 is 82.4 Å². The monoisotopic (exact) mass is 752 g/mol. The molecule has 59 heavy (non-hydrogen) atoms. The van der Waals surface area contributed by atoms with Gasteiger partial charge in [-0.1, -0.05) is 164 Å². The number of aromatic nitrogens is 1. The predicted molar refractivity (Wildman–Crippen MR) is 249 cm³/mol. The van der Waals surface area contributed by atoms with Crippen LogP contribution in [-0.2, 0) is 0 Å². The minimum Gasteiger partial charge on any atom is -0.455 e. The third-order valence-corrected chi connectivity index (χ3v) is 12.0. The van der Waals surface area contributed by atoms with Gasteiger partial charge in [-0.15, -0.1) is 0 Å². The molecule has 10 aromatic carbocycles. The topological polar surface area (TPSA) is 21.3 Å². The lowest BCUT2D eigenvalue weighted by Gasteiger charge is -2.29. The van der Waals surface area contributed by atoms with E-state index in [1.54, 1.807) is 0 Å². The fourth-order valence-corrected chi connectivity index (χ4v) is 9.34. The Bertz CT molecular complexity index is 3520. The number of benzene rings is 10. The van der Waals surface area contributed by atoms with Gasteiger partial charge in [-0.2, -0.15) is 0 Å². The average molecular weight is 753 g/mol. The molecule has 0 fully saturated rings. The van der Waals surface area contributed by atoms with Crippen LogP contribution in [0.3, 0.4) is 0 Å². The first-order valence-electron chi connectivity index (χ1n) is 20.2. The quantitative estimate of drug-likeness (QED) is 0.158. The standard InChI is InChI=1S/C56H36N2O/c1-2-17-42-37(14-1)32-35-46-44(42)23-13-24-45(46)47-18-3-7-26-52(47)57(39-33-30-38(31-34-39)43-22-12-25-51-50-21-6-10-29-55(50)59-56(43)51)40-15-11-16-41(36-40)58-53-27-8-4-19-48(53)49-20-5-9-28-54(49)58/h1-36H. The van der Waals surface area contributed by atoms with Crippen LogP contribution in [0.1, 0.15) is 0 Å². The van der Waals surface area contributed by atoms with Crippen LogP contribution in [0.5, 0.6) is 0 Å². The van der Waals surface area contributed by atoms with E-state index in [0.29, 0.717) is 0 Å². The highest BCUT2D eigenvalue weighted by atomic mass is 16.3. The van der Waals surface area contributed by atoms with Gasteiger partial charge in [-0.05, 0) is 87.3 Å². The Labute approximate surface area is 341 Å². The van der Waals surface area contributed by atoms with Gasteiger partial charge in [0.1, 0.15) is 11.2 Å². The molecule has 12 aromatic rings. The van der Waals surface area contributed by atoms with E-state index in [2.05, 4.69) is 216 Å². The van der Waals surface area contributed by atoms with Gasteiger partial charge in [-0.25, -0.2) is 0 Å². The summed E-state index contributed by atoms with van der Waals surface area (Å²) >= 11 is 0. The molecule has 0 aliphatic carbocycles. The molecule has 2 heterocycles. The van der Waals surface area contributed by atoms with Gasteiger partial charge in [0.2, 0.25) is 0 Å². The third-order valence-electron chi connectivity index (χ3n) is 12.0. The lowest BCUT2D eigenvalue weighted by atomic mass is 9.93. The predicted octanol–water partition coefficient (Wildman–Crippen LogP) is 15.8. The summed E-state index contributed by atoms with van der Waals surface area (Å²) in [6.07, 6.45) is 0. The SMILES string of the molecule is c1cc(N(c2ccc(-c3cccc4c3oc3ccccc34)cc2)c2ccccc2-c2cccc3c2ccc2ccccc23)cc(-n2c3ccccc3c3ccccc32)c1. The minimum absolute atomic E-state index is 0.902. The van der Waals surface area contributed by atoms with Crippen molar-refractivity contribution in [3.8, 4) is 27.9 Å². The zero-order chi connectivity index (χ0) is 38.9. The summed E-state index contributed by atoms with van der Waals surface area (Å²) in [7, 11) is 0. The van der Waals surface area contributed by atoms with Crippen molar-refractivity contribution in [1.29, 1.82) is 0 Å². The summed E-state index contributed by atoms with van der Waals surface area (Å²) < 4.78 is 8.87. The van der Waals surface area contributed by atoms with E-state index in [1.807, 2.05) is 12.1 Å². The van der Waals surface area contributed by atoms with Crippen LogP contribution < -0.4 is 4.90 Å². The van der Waals surface area contributed by atoms with Crippen LogP contribution >= 0.6 is 0 Å². The molecule has 0 bridgehead atoms. The fourth-order valence-electron chi connectivity index (χ4n) is 9.34. The first-order valence-corrected chi connectivity index (χ1v) is 20.2. The van der Waals surface area contributed by atoms with Gasteiger partial charge < -0.3 is 13.9 Å². The number of rotatable bonds is 6. The van der Waals surface area contributed by atoms with Crippen molar-refractivity contribution in [2.45, 2.75) is 0 Å². The van der Waals surface area contributed by atoms with Gasteiger partial charge in [-0.3, -0.25) is 0 Å². The molecule has 0 spiro atoms. The van der Waals surface area contributed by atoms with Gasteiger partial charge in [0.15, 0.2) is 0 Å². The summed E-state index contributed by atoms with van der Waals surface area (Å²) in [5.41, 5.74) is 13.0. The van der Waals surface area contributed by atoms with Crippen molar-refractivity contribution in [3.63, 3.8) is 0 Å². The smallest absolute Gasteiger partial charge is 0.143 e. The summed E-state index contributed by atoms with van der Waals surface area (Å²) in [6.45, 7) is 0. The molecule has 0 atom stereocenters. The first kappa shape index (κ1) is 33.3. The molecule has 0 amide bonds. The number of anilines is 3. The summed E-state index contributed by atoms with van der Waals surface area (Å²) in [5, 5.41) is 9.73. The maximum absolute atomic E-state index is 6.48. The zero-order valence-electron chi connectivity index (χ0n) is 32.1. The molecule has 2 aromatic heterocycles. The lowest BCUT2D eigenvalue weighted by molar-refractivity contribution is 0.670. The second-order valence-electron chi connectivity index (χ2n) is 15.3. The molecule has 0 aliphatic heterocycles. The van der Waals surface area contributed by atoms with Crippen molar-refractivity contribution < 1.29 is 4.42 Å². The van der Waals surface area contributed by atoms with Crippen molar-refractivity contribution in [2.24, 2.45) is 0 Å². The van der Waals surface area contributed by atoms with E-state index < -0.39 is 0 Å². The molecular weight excluding hydrogens is 717 g/mol. The molecule has 0 unspecified atom stereocenters. The van der Waals surface area contributed by atoms with E-state index in [-0.39, 0.29) is 0 Å². The maximum Gasteiger partial charge on any atom is 0.143 e. The minimum atomic E-state index is 0.902. The molecule has 276 valence electrons. The van der Waals surface area contributed by atoms with Crippen molar-refractivity contribution in [2.75, 3.05) is 4.90 Å². The number of para-hydroxylation sites is 5. The number of fused-ring (bicyclic) bond motifs is 9. The Hall–Kier alpha value is -7.88. The van der Waals surface area contributed by atoms with Gasteiger partial charge in [0.25, 0.3) is 0 Å². The van der Waals surface area contributed by atoms with Gasteiger partial charge in [0, 0.05) is 49.7 Å². The molecule has 12 rings (SSSR count). The van der Waals surface area contributed by atoms with E-state index in [0.717, 1.165) is 61.4 Å². The fraction of sp³-hybridized carbons (Fsp3) is 0. The van der Waals surface area contributed by atoms with Crippen LogP contribution in [0.15, 0.2) is 223 Å². The molecule has 0 saturated carbocycles. The number of hydrogen-bond donors (Lipinski definition) is 0. The van der Waals surface area contributed by atoms with E-state index in [1.165, 1.54) is 48.9 Å². The van der Waals surface area contributed by atoms with E-state index in [4.69, 9.17) is 4.42 Å². The second-order valence-corrected chi connectivity index (χ2v) is 15.3. The largest absolute Gasteiger partial charge is 0.455 e. The molecule has 3 nitrogen and oxygen atoms in total. The van der Waals surface area contributed by atoms with Crippen LogP contribution in [0.4, 0.5) is 17.1 Å². The molecule has 0 N–H and O–H groups in total. The zero-order valence-corrected chi connectivity index (χ0v) is 32.1. The second kappa shape index (κ2) is 13.4. The van der Waals surface area contributed by atoms with Crippen molar-refractivity contribution in [3.05, 3.63) is 218 Å². The normalized spacial score (nSPS) is 11.7. The number of furan rings is 1. The highest BCUT2D eigenvalue weighted by Gasteiger charge is 2.21. The van der Waals surface area contributed by atoms with Gasteiger partial charge in [0.05, 0.1) is 16.7 Å². The van der Waals surface area contributed by atoms with Crippen molar-refractivity contribution in [1.82, 2.24) is 4.57 Å². The Balaban J connectivity index is 1.07. The average Bonchev–Trinajstić information content (AvgIpc) is 3.86. The molecule has 0 radical (unpaired) electrons. The lowest BCUT2D eigenvalue weighted by Crippen LogP contribution is -2.12. The highest BCUT2D eigenvalue weighted by Crippen LogP contribution is 2.45. The maximum atomic E-state index is 6.48. The Kier molecular flexibility index (Phi) is 7.54. The molecule has 0 aliphatic rings. The Morgan fingerprint density at radius 1 is 0.356 bits per heavy atom. The van der Waals surface area contributed by atoms with E-state index in [9.17, 15) is 0 Å². The summed E-state index contributed by atoms with van der Waals surface area (Å²) in [4.78, 5) is 2.41. The summed E-state index contributed by atoms with van der Waals surface area (Å²) in [5.74, 6) is 0. The van der Waals surface area contributed by atoms with Crippen LogP contribution in [-0.4, -0.2) is 4.57 Å². The third kappa shape index (κ3) is 5.29. The highest BCUT2D eigenvalue weighted by molar-refractivity contribution is 6.14. The molecular formula is C56H36N2O. The number of nitrogens with zero attached hydrogens (tertiary/aromatic N) is 2. The number of hydrogen-bond acceptors (Lipinski definition) is 2. The Morgan fingerprint density at radius 2 is 0.966 bits per heavy atom.